The summed E-state index contributed by atoms with van der Waals surface area (Å²) in [5.74, 6) is -0.00731. The van der Waals surface area contributed by atoms with Crippen molar-refractivity contribution >= 4 is 48.0 Å². The van der Waals surface area contributed by atoms with Crippen molar-refractivity contribution in [2.45, 2.75) is 4.34 Å². The number of fused-ring (bicyclic) bond motifs is 1. The number of carbonyl (C=O) groups is 1. The molecule has 2 heterocycles. The van der Waals surface area contributed by atoms with E-state index in [0.29, 0.717) is 32.7 Å². The molecule has 0 aliphatic carbocycles. The topological polar surface area (TPSA) is 155 Å². The number of aromatic nitrogens is 3. The van der Waals surface area contributed by atoms with Gasteiger partial charge in [-0.05, 0) is 24.3 Å². The Morgan fingerprint density at radius 1 is 1.12 bits per heavy atom. The lowest BCUT2D eigenvalue weighted by Gasteiger charge is -1.95. The van der Waals surface area contributed by atoms with Gasteiger partial charge in [0.2, 0.25) is 9.30 Å². The maximum absolute atomic E-state index is 11.2. The molecule has 9 nitrogen and oxygen atoms in total. The molecule has 0 spiro atoms. The minimum Gasteiger partial charge on any atom is -0.293 e. The number of nitrogens with two attached hydrogens (primary N) is 1. The smallest absolute Gasteiger partial charge is 0.267 e. The largest absolute Gasteiger partial charge is 0.293 e. The van der Waals surface area contributed by atoms with Gasteiger partial charge in [0.1, 0.15) is 0 Å². The van der Waals surface area contributed by atoms with E-state index in [4.69, 9.17) is 15.7 Å². The van der Waals surface area contributed by atoms with Crippen molar-refractivity contribution in [1.29, 1.82) is 10.5 Å². The lowest BCUT2D eigenvalue weighted by Crippen LogP contribution is -2.12. The zero-order chi connectivity index (χ0) is 23.3. The van der Waals surface area contributed by atoms with Crippen LogP contribution in [0.1, 0.15) is 21.5 Å². The van der Waals surface area contributed by atoms with E-state index in [0.717, 1.165) is 16.9 Å². The summed E-state index contributed by atoms with van der Waals surface area (Å²) in [5, 5.41) is 26.6. The fourth-order valence-corrected chi connectivity index (χ4v) is 4.35. The van der Waals surface area contributed by atoms with Crippen molar-refractivity contribution in [3.8, 4) is 23.4 Å². The summed E-state index contributed by atoms with van der Waals surface area (Å²) in [6.45, 7) is 0. The van der Waals surface area contributed by atoms with Gasteiger partial charge in [-0.2, -0.15) is 10.5 Å². The van der Waals surface area contributed by atoms with Crippen LogP contribution in [0.5, 0.6) is 0 Å². The van der Waals surface area contributed by atoms with Crippen LogP contribution in [0.2, 0.25) is 0 Å². The Labute approximate surface area is 195 Å². The van der Waals surface area contributed by atoms with Crippen molar-refractivity contribution in [3.63, 3.8) is 0 Å². The number of rotatable bonds is 4. The molecule has 4 aromatic rings. The molecule has 0 aliphatic heterocycles. The molecule has 0 saturated carbocycles. The van der Waals surface area contributed by atoms with E-state index in [1.165, 1.54) is 4.52 Å². The van der Waals surface area contributed by atoms with E-state index in [1.54, 1.807) is 48.7 Å². The summed E-state index contributed by atoms with van der Waals surface area (Å²) in [4.78, 5) is 15.8. The maximum atomic E-state index is 11.2. The fourth-order valence-electron chi connectivity index (χ4n) is 2.52. The quantitative estimate of drug-likeness (QED) is 0.315. The van der Waals surface area contributed by atoms with E-state index in [9.17, 15) is 13.2 Å². The molecule has 160 valence electrons. The molecule has 0 saturated heterocycles. The van der Waals surface area contributed by atoms with Crippen LogP contribution in [0, 0.1) is 22.7 Å². The van der Waals surface area contributed by atoms with Gasteiger partial charge in [-0.15, -0.1) is 5.10 Å². The van der Waals surface area contributed by atoms with Crippen molar-refractivity contribution in [3.05, 3.63) is 71.4 Å². The summed E-state index contributed by atoms with van der Waals surface area (Å²) in [7, 11) is -3.82. The molecule has 0 unspecified atom stereocenters. The Kier molecular flexibility index (Phi) is 7.12. The predicted octanol–water partition coefficient (Wildman–Crippen LogP) is 3.11. The molecule has 32 heavy (non-hydrogen) atoms. The average Bonchev–Trinajstić information content (AvgIpc) is 3.39. The fraction of sp³-hybridized carbons (Fsp3) is 0.0500. The van der Waals surface area contributed by atoms with Crippen LogP contribution in [0.3, 0.4) is 0 Å². The number of halogens is 1. The third kappa shape index (κ3) is 5.43. The van der Waals surface area contributed by atoms with Gasteiger partial charge in [0.25, 0.3) is 10.0 Å². The first-order valence-corrected chi connectivity index (χ1v) is 12.2. The molecule has 2 N–H and O–H groups in total. The van der Waals surface area contributed by atoms with Gasteiger partial charge in [-0.3, -0.25) is 4.79 Å². The molecule has 0 bridgehead atoms. The van der Waals surface area contributed by atoms with Gasteiger partial charge >= 0.3 is 0 Å². The van der Waals surface area contributed by atoms with Crippen LogP contribution in [0.15, 0.2) is 59.1 Å². The summed E-state index contributed by atoms with van der Waals surface area (Å²) in [6, 6.07) is 17.7. The van der Waals surface area contributed by atoms with Crippen LogP contribution >= 0.6 is 27.3 Å². The van der Waals surface area contributed by atoms with E-state index in [2.05, 4.69) is 32.1 Å². The summed E-state index contributed by atoms with van der Waals surface area (Å²) >= 11 is 3.96. The van der Waals surface area contributed by atoms with E-state index in [-0.39, 0.29) is 10.1 Å². The highest BCUT2D eigenvalue weighted by Crippen LogP contribution is 2.24. The Morgan fingerprint density at radius 3 is 2.38 bits per heavy atom. The number of imidazole rings is 1. The second kappa shape index (κ2) is 9.80. The van der Waals surface area contributed by atoms with Gasteiger partial charge < -0.3 is 0 Å². The minimum absolute atomic E-state index is 0.00731. The van der Waals surface area contributed by atoms with Gasteiger partial charge in [-0.25, -0.2) is 23.1 Å². The standard InChI is InChI=1S/C11H7N5O2S2.C9H6BrNO/c12-5-7-2-1-3-8(4-7)9-6-16-10(14-9)19-11(15-16)20(13,17)18;10-5-9(12)8-3-1-2-7(4-8)6-11/h1-4,6H,(H2,13,17,18);1-4H,5H2. The first kappa shape index (κ1) is 23.2. The lowest BCUT2D eigenvalue weighted by molar-refractivity contribution is 0.102. The molecule has 0 fully saturated rings. The first-order chi connectivity index (χ1) is 15.2. The Morgan fingerprint density at radius 2 is 1.78 bits per heavy atom. The zero-order valence-electron chi connectivity index (χ0n) is 16.1. The van der Waals surface area contributed by atoms with Crippen LogP contribution < -0.4 is 5.14 Å². The monoisotopic (exact) mass is 528 g/mol. The second-order valence-electron chi connectivity index (χ2n) is 6.21. The molecule has 0 radical (unpaired) electrons. The summed E-state index contributed by atoms with van der Waals surface area (Å²) in [5.41, 5.74) is 2.99. The molecule has 0 aliphatic rings. The maximum Gasteiger partial charge on any atom is 0.267 e. The summed E-state index contributed by atoms with van der Waals surface area (Å²) in [6.07, 6.45) is 1.59. The number of sulfonamides is 1. The van der Waals surface area contributed by atoms with Gasteiger partial charge in [0.05, 0.1) is 40.5 Å². The number of ketones is 1. The molecular weight excluding hydrogens is 516 g/mol. The number of carbonyl (C=O) groups excluding carboxylic acids is 1. The van der Waals surface area contributed by atoms with Crippen LogP contribution in [-0.2, 0) is 10.0 Å². The SMILES string of the molecule is N#Cc1cccc(-c2cn3nc(S(N)(=O)=O)sc3n2)c1.N#Cc1cccc(C(=O)CBr)c1. The van der Waals surface area contributed by atoms with E-state index < -0.39 is 10.0 Å². The minimum atomic E-state index is -3.82. The normalized spacial score (nSPS) is 10.6. The number of hydrogen-bond acceptors (Lipinski definition) is 8. The Balaban J connectivity index is 0.000000207. The van der Waals surface area contributed by atoms with Gasteiger partial charge in [-0.1, -0.05) is 51.5 Å². The number of primary sulfonamides is 1. The molecule has 0 amide bonds. The van der Waals surface area contributed by atoms with Crippen molar-refractivity contribution in [2.24, 2.45) is 5.14 Å². The third-order valence-corrected chi connectivity index (χ3v) is 6.73. The molecular formula is C20H13BrN6O3S2. The van der Waals surface area contributed by atoms with E-state index >= 15 is 0 Å². The van der Waals surface area contributed by atoms with Crippen molar-refractivity contribution < 1.29 is 13.2 Å². The average molecular weight is 529 g/mol. The highest BCUT2D eigenvalue weighted by molar-refractivity contribution is 9.09. The zero-order valence-corrected chi connectivity index (χ0v) is 19.4. The second-order valence-corrected chi connectivity index (χ2v) is 9.46. The highest BCUT2D eigenvalue weighted by Gasteiger charge is 2.17. The van der Waals surface area contributed by atoms with Crippen LogP contribution in [-0.4, -0.2) is 34.1 Å². The van der Waals surface area contributed by atoms with Crippen LogP contribution in [0.25, 0.3) is 16.2 Å². The number of alkyl halides is 1. The molecule has 12 heteroatoms. The first-order valence-electron chi connectivity index (χ1n) is 8.74. The predicted molar refractivity (Wildman–Crippen MR) is 122 cm³/mol. The number of nitrogens with zero attached hydrogens (tertiary/aromatic N) is 5. The molecule has 2 aromatic heterocycles. The number of nitriles is 2. The van der Waals surface area contributed by atoms with Crippen molar-refractivity contribution in [2.75, 3.05) is 5.33 Å². The van der Waals surface area contributed by atoms with Gasteiger partial charge in [0.15, 0.2) is 5.78 Å². The van der Waals surface area contributed by atoms with Crippen LogP contribution in [0.4, 0.5) is 0 Å². The molecule has 4 rings (SSSR count). The lowest BCUT2D eigenvalue weighted by atomic mass is 10.1. The van der Waals surface area contributed by atoms with Gasteiger partial charge in [0, 0.05) is 11.1 Å². The van der Waals surface area contributed by atoms with Crippen molar-refractivity contribution in [1.82, 2.24) is 14.6 Å². The molecule has 0 atom stereocenters. The summed E-state index contributed by atoms with van der Waals surface area (Å²) < 4.78 is 23.6. The Bertz CT molecular complexity index is 1460. The Hall–Kier alpha value is -3.42. The third-order valence-electron chi connectivity index (χ3n) is 3.99. The molecule has 2 aromatic carbocycles. The number of benzene rings is 2. The number of Topliss-reactive ketones (excluding diaryl/α,β-unsaturated/α-hetero) is 1. The highest BCUT2D eigenvalue weighted by atomic mass is 79.9. The number of hydrogen-bond donors (Lipinski definition) is 1. The van der Waals surface area contributed by atoms with E-state index in [1.807, 2.05) is 12.1 Å².